The summed E-state index contributed by atoms with van der Waals surface area (Å²) in [4.78, 5) is 4.14. The number of nitrogens with two attached hydrogens (primary N) is 1. The molecule has 0 radical (unpaired) electrons. The third kappa shape index (κ3) is 3.22. The van der Waals surface area contributed by atoms with Gasteiger partial charge in [0, 0.05) is 6.07 Å². The molecule has 98 valence electrons. The fourth-order valence-electron chi connectivity index (χ4n) is 1.58. The van der Waals surface area contributed by atoms with Gasteiger partial charge in [0.15, 0.2) is 5.84 Å². The minimum atomic E-state index is -0.0493. The van der Waals surface area contributed by atoms with E-state index in [1.165, 1.54) is 5.56 Å². The van der Waals surface area contributed by atoms with Crippen LogP contribution in [0.4, 0.5) is 0 Å². The quantitative estimate of drug-likeness (QED) is 0.381. The van der Waals surface area contributed by atoms with Crippen LogP contribution in [0.15, 0.2) is 47.6 Å². The first-order valence-electron chi connectivity index (χ1n) is 5.94. The first-order valence-corrected chi connectivity index (χ1v) is 5.94. The Balaban J connectivity index is 2.18. The van der Waals surface area contributed by atoms with Gasteiger partial charge in [0.2, 0.25) is 5.88 Å². The topological polar surface area (TPSA) is 80.7 Å². The van der Waals surface area contributed by atoms with Crippen molar-refractivity contribution >= 4 is 5.84 Å². The SMILES string of the molecule is CCc1ccc(Oc2cccc(C(N)=NO)n2)cc1. The minimum Gasteiger partial charge on any atom is -0.439 e. The first-order chi connectivity index (χ1) is 9.22. The zero-order valence-electron chi connectivity index (χ0n) is 10.6. The van der Waals surface area contributed by atoms with Crippen LogP contribution < -0.4 is 10.5 Å². The van der Waals surface area contributed by atoms with Crippen molar-refractivity contribution in [2.45, 2.75) is 13.3 Å². The van der Waals surface area contributed by atoms with Crippen molar-refractivity contribution in [3.05, 3.63) is 53.7 Å². The lowest BCUT2D eigenvalue weighted by atomic mass is 10.2. The molecule has 0 aliphatic carbocycles. The lowest BCUT2D eigenvalue weighted by Crippen LogP contribution is -2.14. The zero-order chi connectivity index (χ0) is 13.7. The summed E-state index contributed by atoms with van der Waals surface area (Å²) in [5.74, 6) is 1.04. The van der Waals surface area contributed by atoms with Crippen LogP contribution in [0.5, 0.6) is 11.6 Å². The summed E-state index contributed by atoms with van der Waals surface area (Å²) in [7, 11) is 0. The maximum Gasteiger partial charge on any atom is 0.219 e. The second-order valence-electron chi connectivity index (χ2n) is 3.95. The molecule has 0 aliphatic heterocycles. The summed E-state index contributed by atoms with van der Waals surface area (Å²) in [6, 6.07) is 12.9. The Bertz CT molecular complexity index is 579. The number of benzene rings is 1. The average molecular weight is 257 g/mol. The molecule has 1 aromatic carbocycles. The molecule has 0 fully saturated rings. The molecule has 0 saturated carbocycles. The molecular formula is C14H15N3O2. The lowest BCUT2D eigenvalue weighted by Gasteiger charge is -2.06. The molecule has 0 unspecified atom stereocenters. The first kappa shape index (κ1) is 12.9. The van der Waals surface area contributed by atoms with E-state index < -0.39 is 0 Å². The fourth-order valence-corrected chi connectivity index (χ4v) is 1.58. The van der Waals surface area contributed by atoms with Gasteiger partial charge < -0.3 is 15.7 Å². The molecule has 5 heteroatoms. The highest BCUT2D eigenvalue weighted by molar-refractivity contribution is 5.95. The van der Waals surface area contributed by atoms with E-state index in [9.17, 15) is 0 Å². The highest BCUT2D eigenvalue weighted by atomic mass is 16.5. The Morgan fingerprint density at radius 1 is 1.26 bits per heavy atom. The third-order valence-electron chi connectivity index (χ3n) is 2.65. The van der Waals surface area contributed by atoms with Gasteiger partial charge in [-0.25, -0.2) is 4.98 Å². The van der Waals surface area contributed by atoms with Gasteiger partial charge in [0.05, 0.1) is 0 Å². The van der Waals surface area contributed by atoms with Gasteiger partial charge in [-0.2, -0.15) is 0 Å². The number of pyridine rings is 1. The zero-order valence-corrected chi connectivity index (χ0v) is 10.6. The van der Waals surface area contributed by atoms with Crippen LogP contribution in [0.25, 0.3) is 0 Å². The third-order valence-corrected chi connectivity index (χ3v) is 2.65. The van der Waals surface area contributed by atoms with Crippen molar-refractivity contribution < 1.29 is 9.94 Å². The van der Waals surface area contributed by atoms with Crippen molar-refractivity contribution in [3.8, 4) is 11.6 Å². The summed E-state index contributed by atoms with van der Waals surface area (Å²) in [6.07, 6.45) is 0.984. The molecular weight excluding hydrogens is 242 g/mol. The van der Waals surface area contributed by atoms with E-state index in [0.717, 1.165) is 6.42 Å². The molecule has 0 atom stereocenters. The van der Waals surface area contributed by atoms with Crippen molar-refractivity contribution in [3.63, 3.8) is 0 Å². The molecule has 2 rings (SSSR count). The molecule has 1 heterocycles. The molecule has 5 nitrogen and oxygen atoms in total. The Kier molecular flexibility index (Phi) is 3.97. The van der Waals surface area contributed by atoms with Crippen LogP contribution in [-0.4, -0.2) is 16.0 Å². The second-order valence-corrected chi connectivity index (χ2v) is 3.95. The van der Waals surface area contributed by atoms with Gasteiger partial charge >= 0.3 is 0 Å². The molecule has 3 N–H and O–H groups in total. The van der Waals surface area contributed by atoms with E-state index in [4.69, 9.17) is 15.7 Å². The standard InChI is InChI=1S/C14H15N3O2/c1-2-10-6-8-11(9-7-10)19-13-5-3-4-12(16-13)14(15)17-18/h3-9,18H,2H2,1H3,(H2,15,17). The second kappa shape index (κ2) is 5.86. The number of nitrogens with zero attached hydrogens (tertiary/aromatic N) is 2. The number of hydrogen-bond acceptors (Lipinski definition) is 4. The van der Waals surface area contributed by atoms with Gasteiger partial charge in [-0.1, -0.05) is 30.3 Å². The Morgan fingerprint density at radius 3 is 2.63 bits per heavy atom. The summed E-state index contributed by atoms with van der Waals surface area (Å²) >= 11 is 0. The van der Waals surface area contributed by atoms with Crippen LogP contribution >= 0.6 is 0 Å². The molecule has 0 saturated heterocycles. The maximum atomic E-state index is 8.61. The normalized spacial score (nSPS) is 11.3. The van der Waals surface area contributed by atoms with Gasteiger partial charge in [0.25, 0.3) is 0 Å². The van der Waals surface area contributed by atoms with Crippen LogP contribution in [0.1, 0.15) is 18.2 Å². The summed E-state index contributed by atoms with van der Waals surface area (Å²) < 4.78 is 5.61. The van der Waals surface area contributed by atoms with E-state index >= 15 is 0 Å². The molecule has 0 bridgehead atoms. The Morgan fingerprint density at radius 2 is 2.00 bits per heavy atom. The maximum absolute atomic E-state index is 8.61. The van der Waals surface area contributed by atoms with Crippen LogP contribution in [0.2, 0.25) is 0 Å². The van der Waals surface area contributed by atoms with Gasteiger partial charge in [-0.05, 0) is 30.2 Å². The van der Waals surface area contributed by atoms with Gasteiger partial charge in [-0.15, -0.1) is 0 Å². The van der Waals surface area contributed by atoms with Crippen molar-refractivity contribution in [2.24, 2.45) is 10.9 Å². The predicted octanol–water partition coefficient (Wildman–Crippen LogP) is 2.53. The van der Waals surface area contributed by atoms with E-state index in [2.05, 4.69) is 17.1 Å². The van der Waals surface area contributed by atoms with E-state index in [-0.39, 0.29) is 5.84 Å². The molecule has 0 spiro atoms. The number of oxime groups is 1. The van der Waals surface area contributed by atoms with Crippen molar-refractivity contribution in [1.29, 1.82) is 0 Å². The smallest absolute Gasteiger partial charge is 0.219 e. The number of amidine groups is 1. The molecule has 19 heavy (non-hydrogen) atoms. The molecule has 0 amide bonds. The van der Waals surface area contributed by atoms with Crippen molar-refractivity contribution in [2.75, 3.05) is 0 Å². The Labute approximate surface area is 111 Å². The van der Waals surface area contributed by atoms with Crippen LogP contribution in [0.3, 0.4) is 0 Å². The number of hydrogen-bond donors (Lipinski definition) is 2. The highest BCUT2D eigenvalue weighted by Gasteiger charge is 2.04. The predicted molar refractivity (Wildman–Crippen MR) is 72.6 cm³/mol. The number of ether oxygens (including phenoxy) is 1. The average Bonchev–Trinajstić information content (AvgIpc) is 2.47. The summed E-state index contributed by atoms with van der Waals surface area (Å²) in [6.45, 7) is 2.10. The molecule has 0 aliphatic rings. The minimum absolute atomic E-state index is 0.0493. The monoisotopic (exact) mass is 257 g/mol. The number of aryl methyl sites for hydroxylation is 1. The van der Waals surface area contributed by atoms with Crippen LogP contribution in [0, 0.1) is 0 Å². The highest BCUT2D eigenvalue weighted by Crippen LogP contribution is 2.20. The largest absolute Gasteiger partial charge is 0.439 e. The van der Waals surface area contributed by atoms with Crippen LogP contribution in [-0.2, 0) is 6.42 Å². The van der Waals surface area contributed by atoms with Gasteiger partial charge in [0.1, 0.15) is 11.4 Å². The Hall–Kier alpha value is -2.56. The van der Waals surface area contributed by atoms with E-state index in [0.29, 0.717) is 17.3 Å². The summed E-state index contributed by atoms with van der Waals surface area (Å²) in [5.41, 5.74) is 7.08. The molecule has 1 aromatic heterocycles. The number of aromatic nitrogens is 1. The summed E-state index contributed by atoms with van der Waals surface area (Å²) in [5, 5.41) is 11.5. The van der Waals surface area contributed by atoms with Crippen molar-refractivity contribution in [1.82, 2.24) is 4.98 Å². The van der Waals surface area contributed by atoms with E-state index in [1.807, 2.05) is 24.3 Å². The van der Waals surface area contributed by atoms with E-state index in [1.54, 1.807) is 18.2 Å². The molecule has 2 aromatic rings. The number of rotatable bonds is 4. The fraction of sp³-hybridized carbons (Fsp3) is 0.143. The van der Waals surface area contributed by atoms with Gasteiger partial charge in [-0.3, -0.25) is 0 Å². The lowest BCUT2D eigenvalue weighted by molar-refractivity contribution is 0.318.